The fourth-order valence-corrected chi connectivity index (χ4v) is 3.61. The van der Waals surface area contributed by atoms with Crippen molar-refractivity contribution in [1.29, 1.82) is 0 Å². The van der Waals surface area contributed by atoms with Crippen LogP contribution in [0.5, 0.6) is 0 Å². The molecular formula is C17H20O3. The zero-order chi connectivity index (χ0) is 14.0. The van der Waals surface area contributed by atoms with Crippen molar-refractivity contribution in [2.45, 2.75) is 51.0 Å². The first-order valence-electron chi connectivity index (χ1n) is 7.52. The highest BCUT2D eigenvalue weighted by Crippen LogP contribution is 2.47. The molecule has 2 saturated carbocycles. The molecule has 0 radical (unpaired) electrons. The Labute approximate surface area is 119 Å². The van der Waals surface area contributed by atoms with Crippen LogP contribution in [0.1, 0.15) is 55.3 Å². The maximum absolute atomic E-state index is 12.6. The second-order valence-electron chi connectivity index (χ2n) is 6.00. The van der Waals surface area contributed by atoms with Crippen molar-refractivity contribution in [3.63, 3.8) is 0 Å². The lowest BCUT2D eigenvalue weighted by Crippen LogP contribution is -2.34. The van der Waals surface area contributed by atoms with Gasteiger partial charge in [-0.05, 0) is 37.8 Å². The van der Waals surface area contributed by atoms with E-state index in [2.05, 4.69) is 0 Å². The van der Waals surface area contributed by atoms with Crippen LogP contribution in [0.2, 0.25) is 0 Å². The third-order valence-corrected chi connectivity index (χ3v) is 4.77. The molecule has 0 N–H and O–H groups in total. The quantitative estimate of drug-likeness (QED) is 0.774. The minimum atomic E-state index is -0.527. The molecule has 1 aromatic carbocycles. The summed E-state index contributed by atoms with van der Waals surface area (Å²) in [6.45, 7) is 0. The Balaban J connectivity index is 1.67. The number of ketones is 1. The Bertz CT molecular complexity index is 500. The molecule has 1 atom stereocenters. The molecular weight excluding hydrogens is 252 g/mol. The molecule has 0 bridgehead atoms. The summed E-state index contributed by atoms with van der Waals surface area (Å²) in [4.78, 5) is 24.6. The monoisotopic (exact) mass is 272 g/mol. The van der Waals surface area contributed by atoms with Gasteiger partial charge >= 0.3 is 5.97 Å². The second kappa shape index (κ2) is 5.39. The molecule has 0 saturated heterocycles. The van der Waals surface area contributed by atoms with Gasteiger partial charge in [0.05, 0.1) is 5.56 Å². The van der Waals surface area contributed by atoms with Crippen LogP contribution in [0, 0.1) is 5.41 Å². The van der Waals surface area contributed by atoms with Gasteiger partial charge in [0, 0.05) is 5.41 Å². The van der Waals surface area contributed by atoms with Crippen molar-refractivity contribution in [2.75, 3.05) is 0 Å². The molecule has 0 amide bonds. The maximum Gasteiger partial charge on any atom is 0.338 e. The molecule has 0 aliphatic heterocycles. The summed E-state index contributed by atoms with van der Waals surface area (Å²) in [6.07, 6.45) is 6.49. The van der Waals surface area contributed by atoms with Crippen LogP contribution in [-0.4, -0.2) is 17.9 Å². The van der Waals surface area contributed by atoms with Gasteiger partial charge in [-0.25, -0.2) is 4.79 Å². The van der Waals surface area contributed by atoms with E-state index in [9.17, 15) is 9.59 Å². The summed E-state index contributed by atoms with van der Waals surface area (Å²) in [5.74, 6) is -0.210. The molecule has 3 rings (SSSR count). The van der Waals surface area contributed by atoms with Gasteiger partial charge in [-0.1, -0.05) is 37.5 Å². The van der Waals surface area contributed by atoms with E-state index in [1.54, 1.807) is 24.3 Å². The van der Waals surface area contributed by atoms with E-state index in [1.165, 1.54) is 6.42 Å². The molecule has 1 spiro atoms. The summed E-state index contributed by atoms with van der Waals surface area (Å²) in [7, 11) is 0. The fraction of sp³-hybridized carbons (Fsp3) is 0.529. The third-order valence-electron chi connectivity index (χ3n) is 4.77. The average Bonchev–Trinajstić information content (AvgIpc) is 2.78. The number of carbonyl (C=O) groups is 2. The first-order valence-corrected chi connectivity index (χ1v) is 7.52. The molecule has 3 heteroatoms. The predicted octanol–water partition coefficient (Wildman–Crippen LogP) is 3.53. The number of carbonyl (C=O) groups excluding carboxylic acids is 2. The Morgan fingerprint density at radius 2 is 1.75 bits per heavy atom. The first kappa shape index (κ1) is 13.3. The van der Waals surface area contributed by atoms with Crippen molar-refractivity contribution in [1.82, 2.24) is 0 Å². The van der Waals surface area contributed by atoms with Crippen LogP contribution in [0.25, 0.3) is 0 Å². The van der Waals surface area contributed by atoms with E-state index in [4.69, 9.17) is 4.74 Å². The molecule has 2 fully saturated rings. The number of rotatable bonds is 2. The fourth-order valence-electron chi connectivity index (χ4n) is 3.61. The van der Waals surface area contributed by atoms with E-state index in [-0.39, 0.29) is 17.2 Å². The van der Waals surface area contributed by atoms with Crippen LogP contribution in [0.3, 0.4) is 0 Å². The van der Waals surface area contributed by atoms with E-state index in [0.717, 1.165) is 32.1 Å². The van der Waals surface area contributed by atoms with Gasteiger partial charge in [0.25, 0.3) is 0 Å². The number of hydrogen-bond acceptors (Lipinski definition) is 3. The Morgan fingerprint density at radius 1 is 1.05 bits per heavy atom. The summed E-state index contributed by atoms with van der Waals surface area (Å²) >= 11 is 0. The van der Waals surface area contributed by atoms with E-state index in [0.29, 0.717) is 12.0 Å². The van der Waals surface area contributed by atoms with Crippen molar-refractivity contribution in [3.05, 3.63) is 35.9 Å². The Hall–Kier alpha value is -1.64. The molecule has 3 nitrogen and oxygen atoms in total. The van der Waals surface area contributed by atoms with Gasteiger partial charge in [0.2, 0.25) is 0 Å². The number of ether oxygens (including phenoxy) is 1. The first-order chi connectivity index (χ1) is 9.71. The largest absolute Gasteiger partial charge is 0.451 e. The van der Waals surface area contributed by atoms with Crippen molar-refractivity contribution >= 4 is 11.8 Å². The minimum absolute atomic E-state index is 0.168. The third kappa shape index (κ3) is 2.37. The number of benzene rings is 1. The van der Waals surface area contributed by atoms with Crippen molar-refractivity contribution in [2.24, 2.45) is 5.41 Å². The SMILES string of the molecule is O=C(O[C@H]1CCC2(CCCCC2)C1=O)c1ccccc1. The standard InChI is InChI=1S/C17H20O3/c18-15-14(9-12-17(15)10-5-2-6-11-17)20-16(19)13-7-3-1-4-8-13/h1,3-4,7-8,14H,2,5-6,9-12H2/t14-/m0/s1. The van der Waals surface area contributed by atoms with Gasteiger partial charge < -0.3 is 4.74 Å². The predicted molar refractivity (Wildman–Crippen MR) is 75.4 cm³/mol. The minimum Gasteiger partial charge on any atom is -0.451 e. The van der Waals surface area contributed by atoms with Gasteiger partial charge in [0.15, 0.2) is 11.9 Å². The molecule has 0 unspecified atom stereocenters. The topological polar surface area (TPSA) is 43.4 Å². The van der Waals surface area contributed by atoms with Crippen LogP contribution in [-0.2, 0) is 9.53 Å². The Morgan fingerprint density at radius 3 is 2.45 bits per heavy atom. The summed E-state index contributed by atoms with van der Waals surface area (Å²) < 4.78 is 5.45. The van der Waals surface area contributed by atoms with E-state index >= 15 is 0 Å². The average molecular weight is 272 g/mol. The molecule has 1 aromatic rings. The molecule has 0 aromatic heterocycles. The maximum atomic E-state index is 12.6. The lowest BCUT2D eigenvalue weighted by molar-refractivity contribution is -0.134. The number of Topliss-reactive ketones (excluding diaryl/α,β-unsaturated/α-hetero) is 1. The van der Waals surface area contributed by atoms with Crippen LogP contribution >= 0.6 is 0 Å². The van der Waals surface area contributed by atoms with Crippen LogP contribution < -0.4 is 0 Å². The summed E-state index contributed by atoms with van der Waals surface area (Å²) in [5.41, 5.74) is 0.338. The van der Waals surface area contributed by atoms with Gasteiger partial charge in [-0.2, -0.15) is 0 Å². The normalized spacial score (nSPS) is 24.8. The molecule has 106 valence electrons. The smallest absolute Gasteiger partial charge is 0.338 e. The van der Waals surface area contributed by atoms with Gasteiger partial charge in [-0.15, -0.1) is 0 Å². The second-order valence-corrected chi connectivity index (χ2v) is 6.00. The lowest BCUT2D eigenvalue weighted by atomic mass is 9.72. The number of esters is 1. The summed E-state index contributed by atoms with van der Waals surface area (Å²) in [6, 6.07) is 8.90. The molecule has 20 heavy (non-hydrogen) atoms. The van der Waals surface area contributed by atoms with E-state index in [1.807, 2.05) is 6.07 Å². The molecule has 0 heterocycles. The van der Waals surface area contributed by atoms with Gasteiger partial charge in [-0.3, -0.25) is 4.79 Å². The Kier molecular flexibility index (Phi) is 3.60. The molecule has 2 aliphatic rings. The van der Waals surface area contributed by atoms with Crippen LogP contribution in [0.4, 0.5) is 0 Å². The zero-order valence-corrected chi connectivity index (χ0v) is 11.6. The lowest BCUT2D eigenvalue weighted by Gasteiger charge is -2.31. The summed E-state index contributed by atoms with van der Waals surface area (Å²) in [5, 5.41) is 0. The zero-order valence-electron chi connectivity index (χ0n) is 11.6. The molecule has 2 aliphatic carbocycles. The highest BCUT2D eigenvalue weighted by atomic mass is 16.5. The highest BCUT2D eigenvalue weighted by Gasteiger charge is 2.49. The van der Waals surface area contributed by atoms with Crippen molar-refractivity contribution in [3.8, 4) is 0 Å². The van der Waals surface area contributed by atoms with Gasteiger partial charge in [0.1, 0.15) is 0 Å². The van der Waals surface area contributed by atoms with Crippen molar-refractivity contribution < 1.29 is 14.3 Å². The number of hydrogen-bond donors (Lipinski definition) is 0. The van der Waals surface area contributed by atoms with E-state index < -0.39 is 6.10 Å². The highest BCUT2D eigenvalue weighted by molar-refractivity contribution is 5.96. The van der Waals surface area contributed by atoms with Crippen LogP contribution in [0.15, 0.2) is 30.3 Å².